The first kappa shape index (κ1) is 10.1. The second kappa shape index (κ2) is 4.43. The maximum absolute atomic E-state index is 5.70. The number of benzene rings is 1. The number of halogens is 1. The molecule has 14 heavy (non-hydrogen) atoms. The SMILES string of the molecule is NCC1OCCCc2c(Br)cccc21. The highest BCUT2D eigenvalue weighted by atomic mass is 79.9. The van der Waals surface area contributed by atoms with Crippen molar-refractivity contribution in [2.45, 2.75) is 18.9 Å². The molecular weight excluding hydrogens is 242 g/mol. The predicted octanol–water partition coefficient (Wildman–Crippen LogP) is 2.41. The zero-order valence-corrected chi connectivity index (χ0v) is 9.59. The molecule has 1 unspecified atom stereocenters. The van der Waals surface area contributed by atoms with E-state index in [4.69, 9.17) is 10.5 Å². The third-order valence-electron chi connectivity index (χ3n) is 2.61. The Kier molecular flexibility index (Phi) is 3.21. The lowest BCUT2D eigenvalue weighted by molar-refractivity contribution is 0.0627. The molecule has 0 saturated heterocycles. The lowest BCUT2D eigenvalue weighted by Crippen LogP contribution is -2.15. The molecule has 0 spiro atoms. The van der Waals surface area contributed by atoms with E-state index in [1.807, 2.05) is 6.07 Å². The van der Waals surface area contributed by atoms with Crippen molar-refractivity contribution in [1.29, 1.82) is 0 Å². The van der Waals surface area contributed by atoms with Crippen LogP contribution in [0, 0.1) is 0 Å². The highest BCUT2D eigenvalue weighted by molar-refractivity contribution is 9.10. The van der Waals surface area contributed by atoms with Crippen LogP contribution in [0.5, 0.6) is 0 Å². The van der Waals surface area contributed by atoms with Crippen LogP contribution in [-0.4, -0.2) is 13.2 Å². The summed E-state index contributed by atoms with van der Waals surface area (Å²) in [5.74, 6) is 0. The molecular formula is C11H14BrNO. The third kappa shape index (κ3) is 1.85. The van der Waals surface area contributed by atoms with Crippen molar-refractivity contribution in [2.24, 2.45) is 5.73 Å². The topological polar surface area (TPSA) is 35.2 Å². The average Bonchev–Trinajstić information content (AvgIpc) is 2.40. The van der Waals surface area contributed by atoms with Crippen molar-refractivity contribution in [2.75, 3.05) is 13.2 Å². The van der Waals surface area contributed by atoms with E-state index in [9.17, 15) is 0 Å². The molecule has 1 aliphatic heterocycles. The van der Waals surface area contributed by atoms with Crippen molar-refractivity contribution in [3.63, 3.8) is 0 Å². The molecule has 2 nitrogen and oxygen atoms in total. The van der Waals surface area contributed by atoms with E-state index in [0.29, 0.717) is 6.54 Å². The average molecular weight is 256 g/mol. The van der Waals surface area contributed by atoms with E-state index in [2.05, 4.69) is 28.1 Å². The van der Waals surface area contributed by atoms with E-state index in [-0.39, 0.29) is 6.10 Å². The maximum atomic E-state index is 5.70. The van der Waals surface area contributed by atoms with Gasteiger partial charge in [0.25, 0.3) is 0 Å². The van der Waals surface area contributed by atoms with E-state index in [1.165, 1.54) is 15.6 Å². The Labute approximate surface area is 92.6 Å². The van der Waals surface area contributed by atoms with E-state index in [0.717, 1.165) is 19.4 Å². The summed E-state index contributed by atoms with van der Waals surface area (Å²) in [5.41, 5.74) is 8.31. The fraction of sp³-hybridized carbons (Fsp3) is 0.455. The monoisotopic (exact) mass is 255 g/mol. The largest absolute Gasteiger partial charge is 0.372 e. The minimum atomic E-state index is 0.0741. The van der Waals surface area contributed by atoms with Crippen LogP contribution in [-0.2, 0) is 11.2 Å². The summed E-state index contributed by atoms with van der Waals surface area (Å²) in [6.07, 6.45) is 2.23. The van der Waals surface area contributed by atoms with Crippen LogP contribution in [0.2, 0.25) is 0 Å². The molecule has 0 aliphatic carbocycles. The lowest BCUT2D eigenvalue weighted by atomic mass is 10.00. The van der Waals surface area contributed by atoms with Gasteiger partial charge in [-0.1, -0.05) is 28.1 Å². The van der Waals surface area contributed by atoms with Crippen molar-refractivity contribution >= 4 is 15.9 Å². The number of hydrogen-bond donors (Lipinski definition) is 1. The van der Waals surface area contributed by atoms with Gasteiger partial charge in [-0.25, -0.2) is 0 Å². The molecule has 0 aromatic heterocycles. The summed E-state index contributed by atoms with van der Waals surface area (Å²) < 4.78 is 6.87. The van der Waals surface area contributed by atoms with Crippen LogP contribution in [0.1, 0.15) is 23.7 Å². The Hall–Kier alpha value is -0.380. The van der Waals surface area contributed by atoms with Gasteiger partial charge in [0.1, 0.15) is 0 Å². The molecule has 1 aromatic carbocycles. The van der Waals surface area contributed by atoms with E-state index < -0.39 is 0 Å². The molecule has 0 saturated carbocycles. The van der Waals surface area contributed by atoms with Gasteiger partial charge in [0.15, 0.2) is 0 Å². The van der Waals surface area contributed by atoms with Gasteiger partial charge in [-0.15, -0.1) is 0 Å². The first-order valence-corrected chi connectivity index (χ1v) is 5.71. The van der Waals surface area contributed by atoms with E-state index >= 15 is 0 Å². The second-order valence-corrected chi connectivity index (χ2v) is 4.36. The Morgan fingerprint density at radius 3 is 3.14 bits per heavy atom. The molecule has 2 N–H and O–H groups in total. The summed E-state index contributed by atoms with van der Waals surface area (Å²) in [4.78, 5) is 0. The van der Waals surface area contributed by atoms with Crippen LogP contribution in [0.25, 0.3) is 0 Å². The maximum Gasteiger partial charge on any atom is 0.0950 e. The van der Waals surface area contributed by atoms with Gasteiger partial charge in [-0.3, -0.25) is 0 Å². The molecule has 3 heteroatoms. The normalized spacial score (nSPS) is 21.4. The Morgan fingerprint density at radius 1 is 1.50 bits per heavy atom. The molecule has 1 aliphatic rings. The number of nitrogens with two attached hydrogens (primary N) is 1. The van der Waals surface area contributed by atoms with Crippen molar-refractivity contribution in [1.82, 2.24) is 0 Å². The Balaban J connectivity index is 2.44. The van der Waals surface area contributed by atoms with Gasteiger partial charge in [0.05, 0.1) is 6.10 Å². The fourth-order valence-electron chi connectivity index (χ4n) is 1.90. The molecule has 0 fully saturated rings. The Bertz CT molecular complexity index is 327. The predicted molar refractivity (Wildman–Crippen MR) is 60.2 cm³/mol. The molecule has 1 atom stereocenters. The standard InChI is InChI=1S/C11H14BrNO/c12-10-5-1-3-9-8(10)4-2-6-14-11(9)7-13/h1,3,5,11H,2,4,6-7,13H2. The van der Waals surface area contributed by atoms with Gasteiger partial charge in [-0.05, 0) is 30.0 Å². The van der Waals surface area contributed by atoms with E-state index in [1.54, 1.807) is 0 Å². The summed E-state index contributed by atoms with van der Waals surface area (Å²) in [5, 5.41) is 0. The Morgan fingerprint density at radius 2 is 2.36 bits per heavy atom. The minimum absolute atomic E-state index is 0.0741. The zero-order chi connectivity index (χ0) is 9.97. The van der Waals surface area contributed by atoms with Crippen LogP contribution in [0.4, 0.5) is 0 Å². The van der Waals surface area contributed by atoms with Crippen molar-refractivity contribution in [3.8, 4) is 0 Å². The first-order chi connectivity index (χ1) is 6.83. The molecule has 1 aromatic rings. The molecule has 0 amide bonds. The zero-order valence-electron chi connectivity index (χ0n) is 8.00. The summed E-state index contributed by atoms with van der Waals surface area (Å²) in [6, 6.07) is 6.24. The van der Waals surface area contributed by atoms with Gasteiger partial charge in [0.2, 0.25) is 0 Å². The smallest absolute Gasteiger partial charge is 0.0950 e. The molecule has 2 rings (SSSR count). The third-order valence-corrected chi connectivity index (χ3v) is 3.35. The first-order valence-electron chi connectivity index (χ1n) is 4.92. The number of fused-ring (bicyclic) bond motifs is 1. The lowest BCUT2D eigenvalue weighted by Gasteiger charge is -2.16. The van der Waals surface area contributed by atoms with Gasteiger partial charge in [-0.2, -0.15) is 0 Å². The van der Waals surface area contributed by atoms with Crippen LogP contribution in [0.15, 0.2) is 22.7 Å². The molecule has 1 heterocycles. The molecule has 0 radical (unpaired) electrons. The number of hydrogen-bond acceptors (Lipinski definition) is 2. The number of ether oxygens (including phenoxy) is 1. The molecule has 76 valence electrons. The van der Waals surface area contributed by atoms with Crippen molar-refractivity contribution < 1.29 is 4.74 Å². The van der Waals surface area contributed by atoms with Gasteiger partial charge in [0, 0.05) is 17.6 Å². The fourth-order valence-corrected chi connectivity index (χ4v) is 2.48. The van der Waals surface area contributed by atoms with Crippen LogP contribution in [0.3, 0.4) is 0 Å². The minimum Gasteiger partial charge on any atom is -0.372 e. The summed E-state index contributed by atoms with van der Waals surface area (Å²) in [7, 11) is 0. The van der Waals surface area contributed by atoms with Gasteiger partial charge < -0.3 is 10.5 Å². The van der Waals surface area contributed by atoms with Crippen LogP contribution >= 0.6 is 15.9 Å². The highest BCUT2D eigenvalue weighted by Crippen LogP contribution is 2.30. The van der Waals surface area contributed by atoms with Crippen molar-refractivity contribution in [3.05, 3.63) is 33.8 Å². The summed E-state index contributed by atoms with van der Waals surface area (Å²) in [6.45, 7) is 1.37. The van der Waals surface area contributed by atoms with Crippen LogP contribution < -0.4 is 5.73 Å². The molecule has 0 bridgehead atoms. The second-order valence-electron chi connectivity index (χ2n) is 3.51. The quantitative estimate of drug-likeness (QED) is 0.837. The summed E-state index contributed by atoms with van der Waals surface area (Å²) >= 11 is 3.58. The number of rotatable bonds is 1. The highest BCUT2D eigenvalue weighted by Gasteiger charge is 2.18. The van der Waals surface area contributed by atoms with Gasteiger partial charge >= 0.3 is 0 Å².